The van der Waals surface area contributed by atoms with Gasteiger partial charge in [-0.2, -0.15) is 0 Å². The Bertz CT molecular complexity index is 343. The summed E-state index contributed by atoms with van der Waals surface area (Å²) in [7, 11) is 0. The predicted molar refractivity (Wildman–Crippen MR) is 64.1 cm³/mol. The van der Waals surface area contributed by atoms with E-state index in [4.69, 9.17) is 0 Å². The quantitative estimate of drug-likeness (QED) is 0.681. The first-order valence-corrected chi connectivity index (χ1v) is 6.35. The van der Waals surface area contributed by atoms with Crippen molar-refractivity contribution in [2.45, 2.75) is 44.9 Å². The van der Waals surface area contributed by atoms with Gasteiger partial charge in [0.15, 0.2) is 0 Å². The van der Waals surface area contributed by atoms with Crippen molar-refractivity contribution in [2.24, 2.45) is 11.8 Å². The van der Waals surface area contributed by atoms with Gasteiger partial charge in [0.25, 0.3) is 0 Å². The Labute approximate surface area is 92.7 Å². The molecule has 15 heavy (non-hydrogen) atoms. The van der Waals surface area contributed by atoms with Crippen LogP contribution in [-0.4, -0.2) is 0 Å². The molecule has 0 heterocycles. The summed E-state index contributed by atoms with van der Waals surface area (Å²) in [5.74, 6) is 3.59. The fourth-order valence-electron chi connectivity index (χ4n) is 2.77. The topological polar surface area (TPSA) is 0 Å². The van der Waals surface area contributed by atoms with Crippen LogP contribution in [0.1, 0.15) is 56.1 Å². The van der Waals surface area contributed by atoms with E-state index in [-0.39, 0.29) is 0 Å². The van der Waals surface area contributed by atoms with E-state index in [9.17, 15) is 0 Å². The summed E-state index contributed by atoms with van der Waals surface area (Å²) in [4.78, 5) is 0. The second kappa shape index (κ2) is 3.37. The van der Waals surface area contributed by atoms with Crippen LogP contribution in [0.25, 0.3) is 0 Å². The molecule has 0 saturated heterocycles. The molecule has 2 aliphatic rings. The molecule has 0 heteroatoms. The van der Waals surface area contributed by atoms with Crippen LogP contribution in [0.2, 0.25) is 0 Å². The van der Waals surface area contributed by atoms with E-state index in [1.165, 1.54) is 19.3 Å². The van der Waals surface area contributed by atoms with Crippen molar-refractivity contribution in [1.82, 2.24) is 0 Å². The summed E-state index contributed by atoms with van der Waals surface area (Å²) >= 11 is 0. The lowest BCUT2D eigenvalue weighted by molar-refractivity contribution is 0.549. The summed E-state index contributed by atoms with van der Waals surface area (Å²) in [5.41, 5.74) is 3.15. The highest BCUT2D eigenvalue weighted by Crippen LogP contribution is 2.52. The van der Waals surface area contributed by atoms with E-state index < -0.39 is 0 Å². The van der Waals surface area contributed by atoms with Gasteiger partial charge in [-0.15, -0.1) is 0 Å². The zero-order valence-electron chi connectivity index (χ0n) is 9.74. The first-order valence-electron chi connectivity index (χ1n) is 6.35. The minimum Gasteiger partial charge on any atom is -0.0625 e. The third-order valence-corrected chi connectivity index (χ3v) is 4.11. The number of rotatable bonds is 3. The van der Waals surface area contributed by atoms with Gasteiger partial charge < -0.3 is 0 Å². The van der Waals surface area contributed by atoms with Gasteiger partial charge in [0.1, 0.15) is 0 Å². The van der Waals surface area contributed by atoms with Crippen molar-refractivity contribution >= 4 is 0 Å². The molecule has 0 nitrogen and oxygen atoms in total. The van der Waals surface area contributed by atoms with Crippen molar-refractivity contribution in [3.05, 3.63) is 35.4 Å². The molecule has 0 radical (unpaired) electrons. The molecule has 1 aromatic rings. The Kier molecular flexibility index (Phi) is 2.12. The molecule has 3 rings (SSSR count). The number of benzene rings is 1. The van der Waals surface area contributed by atoms with Gasteiger partial charge in [-0.05, 0) is 54.1 Å². The maximum absolute atomic E-state index is 2.38. The minimum atomic E-state index is 0.859. The fraction of sp³-hybridized carbons (Fsp3) is 0.600. The van der Waals surface area contributed by atoms with Gasteiger partial charge in [-0.1, -0.05) is 38.1 Å². The van der Waals surface area contributed by atoms with E-state index in [0.29, 0.717) is 0 Å². The van der Waals surface area contributed by atoms with Crippen LogP contribution in [0.5, 0.6) is 0 Å². The molecular formula is C15H20. The summed E-state index contributed by atoms with van der Waals surface area (Å²) in [6.07, 6.45) is 4.25. The van der Waals surface area contributed by atoms with Crippen LogP contribution in [0, 0.1) is 11.8 Å². The number of hydrogen-bond donors (Lipinski definition) is 0. The highest BCUT2D eigenvalue weighted by atomic mass is 14.4. The normalized spacial score (nSPS) is 29.5. The molecule has 1 aromatic carbocycles. The van der Waals surface area contributed by atoms with Crippen molar-refractivity contribution in [3.63, 3.8) is 0 Å². The molecule has 80 valence electrons. The Morgan fingerprint density at radius 3 is 2.07 bits per heavy atom. The van der Waals surface area contributed by atoms with Gasteiger partial charge in [0, 0.05) is 0 Å². The molecule has 0 N–H and O–H groups in total. The largest absolute Gasteiger partial charge is 0.0625 e. The molecule has 0 spiro atoms. The lowest BCUT2D eigenvalue weighted by Crippen LogP contribution is -1.92. The minimum absolute atomic E-state index is 0.859. The monoisotopic (exact) mass is 200 g/mol. The molecule has 2 fully saturated rings. The van der Waals surface area contributed by atoms with Crippen LogP contribution in [0.3, 0.4) is 0 Å². The van der Waals surface area contributed by atoms with Crippen LogP contribution >= 0.6 is 0 Å². The van der Waals surface area contributed by atoms with E-state index in [1.807, 2.05) is 0 Å². The van der Waals surface area contributed by atoms with Crippen LogP contribution in [0.15, 0.2) is 24.3 Å². The van der Waals surface area contributed by atoms with E-state index in [2.05, 4.69) is 38.1 Å². The van der Waals surface area contributed by atoms with Crippen molar-refractivity contribution in [1.29, 1.82) is 0 Å². The molecule has 2 aliphatic carbocycles. The number of hydrogen-bond acceptors (Lipinski definition) is 0. The average Bonchev–Trinajstić information content (AvgIpc) is 3.11. The molecular weight excluding hydrogens is 180 g/mol. The van der Waals surface area contributed by atoms with Crippen molar-refractivity contribution < 1.29 is 0 Å². The Morgan fingerprint density at radius 1 is 1.00 bits per heavy atom. The molecule has 0 aliphatic heterocycles. The Balaban J connectivity index is 1.71. The third kappa shape index (κ3) is 1.82. The Hall–Kier alpha value is -0.780. The maximum atomic E-state index is 2.38. The van der Waals surface area contributed by atoms with Crippen LogP contribution < -0.4 is 0 Å². The molecule has 0 bridgehead atoms. The maximum Gasteiger partial charge on any atom is -0.0128 e. The fourth-order valence-corrected chi connectivity index (χ4v) is 2.77. The lowest BCUT2D eigenvalue weighted by atomic mass is 10.0. The van der Waals surface area contributed by atoms with E-state index in [0.717, 1.165) is 23.7 Å². The first-order chi connectivity index (χ1) is 7.25. The molecule has 0 aromatic heterocycles. The first kappa shape index (κ1) is 9.45. The molecule has 2 saturated carbocycles. The predicted octanol–water partition coefficient (Wildman–Crippen LogP) is 4.32. The molecule has 0 unspecified atom stereocenters. The second-order valence-electron chi connectivity index (χ2n) is 5.69. The molecule has 2 atom stereocenters. The van der Waals surface area contributed by atoms with Gasteiger partial charge >= 0.3 is 0 Å². The summed E-state index contributed by atoms with van der Waals surface area (Å²) in [6.45, 7) is 4.70. The van der Waals surface area contributed by atoms with Gasteiger partial charge in [0.05, 0.1) is 0 Å². The van der Waals surface area contributed by atoms with Crippen LogP contribution in [-0.2, 0) is 0 Å². The van der Waals surface area contributed by atoms with E-state index in [1.54, 1.807) is 11.1 Å². The van der Waals surface area contributed by atoms with Gasteiger partial charge in [-0.25, -0.2) is 0 Å². The second-order valence-corrected chi connectivity index (χ2v) is 5.69. The zero-order chi connectivity index (χ0) is 10.4. The smallest absolute Gasteiger partial charge is 0.0128 e. The lowest BCUT2D eigenvalue weighted by Gasteiger charge is -2.05. The summed E-state index contributed by atoms with van der Waals surface area (Å²) in [5, 5.41) is 0. The van der Waals surface area contributed by atoms with Gasteiger partial charge in [-0.3, -0.25) is 0 Å². The van der Waals surface area contributed by atoms with E-state index >= 15 is 0 Å². The average molecular weight is 200 g/mol. The van der Waals surface area contributed by atoms with Crippen LogP contribution in [0.4, 0.5) is 0 Å². The summed E-state index contributed by atoms with van der Waals surface area (Å²) in [6, 6.07) is 9.48. The highest BCUT2D eigenvalue weighted by molar-refractivity contribution is 5.32. The highest BCUT2D eigenvalue weighted by Gasteiger charge is 2.40. The standard InChI is InChI=1S/C15H20/c1-10(2)14-9-15(14)13-7-5-12(6-8-13)11-3-4-11/h5-8,10-11,14-15H,3-4,9H2,1-2H3/t14-,15-/m1/s1. The third-order valence-electron chi connectivity index (χ3n) is 4.11. The molecule has 0 amide bonds. The zero-order valence-corrected chi connectivity index (χ0v) is 9.74. The van der Waals surface area contributed by atoms with Gasteiger partial charge in [0.2, 0.25) is 0 Å². The SMILES string of the molecule is CC(C)[C@H]1C[C@@H]1c1ccc(C2CC2)cc1. The summed E-state index contributed by atoms with van der Waals surface area (Å²) < 4.78 is 0. The van der Waals surface area contributed by atoms with Crippen molar-refractivity contribution in [3.8, 4) is 0 Å². The van der Waals surface area contributed by atoms with Crippen molar-refractivity contribution in [2.75, 3.05) is 0 Å². The Morgan fingerprint density at radius 2 is 1.60 bits per heavy atom.